The zero-order valence-electron chi connectivity index (χ0n) is 12.5. The second-order valence-electron chi connectivity index (χ2n) is 5.66. The zero-order chi connectivity index (χ0) is 14.9. The van der Waals surface area contributed by atoms with Gasteiger partial charge in [0.25, 0.3) is 0 Å². The van der Waals surface area contributed by atoms with E-state index in [-0.39, 0.29) is 0 Å². The molecule has 0 radical (unpaired) electrons. The highest BCUT2D eigenvalue weighted by atomic mass is 35.5. The van der Waals surface area contributed by atoms with Gasteiger partial charge in [-0.25, -0.2) is 0 Å². The van der Waals surface area contributed by atoms with Gasteiger partial charge in [-0.2, -0.15) is 0 Å². The van der Waals surface area contributed by atoms with Gasteiger partial charge in [0, 0.05) is 11.4 Å². The van der Waals surface area contributed by atoms with Crippen LogP contribution in [0.5, 0.6) is 0 Å². The molecular weight excluding hydrogens is 268 g/mol. The minimum atomic E-state index is -0.521. The van der Waals surface area contributed by atoms with Crippen LogP contribution in [0.3, 0.4) is 0 Å². The van der Waals surface area contributed by atoms with Crippen LogP contribution in [-0.2, 0) is 6.42 Å². The molecule has 20 heavy (non-hydrogen) atoms. The smallest absolute Gasteiger partial charge is 0.0831 e. The van der Waals surface area contributed by atoms with Crippen molar-refractivity contribution in [3.8, 4) is 0 Å². The highest BCUT2D eigenvalue weighted by molar-refractivity contribution is 6.30. The third-order valence-electron chi connectivity index (χ3n) is 3.69. The largest absolute Gasteiger partial charge is 0.388 e. The Morgan fingerprint density at radius 2 is 1.45 bits per heavy atom. The van der Waals surface area contributed by atoms with Crippen LogP contribution in [0.4, 0.5) is 0 Å². The Labute approximate surface area is 126 Å². The van der Waals surface area contributed by atoms with Crippen LogP contribution >= 0.6 is 11.6 Å². The summed E-state index contributed by atoms with van der Waals surface area (Å²) in [5.74, 6) is 0. The molecule has 0 aromatic heterocycles. The average Bonchev–Trinajstić information content (AvgIpc) is 2.32. The molecule has 2 aromatic rings. The maximum Gasteiger partial charge on any atom is 0.0831 e. The van der Waals surface area contributed by atoms with Gasteiger partial charge in [0.05, 0.1) is 6.10 Å². The summed E-state index contributed by atoms with van der Waals surface area (Å²) >= 11 is 6.07. The molecule has 1 unspecified atom stereocenters. The van der Waals surface area contributed by atoms with Crippen LogP contribution in [0.15, 0.2) is 30.3 Å². The molecule has 0 aliphatic carbocycles. The zero-order valence-corrected chi connectivity index (χ0v) is 13.3. The van der Waals surface area contributed by atoms with Gasteiger partial charge in [-0.3, -0.25) is 0 Å². The highest BCUT2D eigenvalue weighted by Crippen LogP contribution is 2.26. The lowest BCUT2D eigenvalue weighted by atomic mass is 9.92. The Bertz CT molecular complexity index is 588. The van der Waals surface area contributed by atoms with E-state index in [1.165, 1.54) is 22.3 Å². The molecule has 0 bridgehead atoms. The van der Waals surface area contributed by atoms with E-state index in [1.807, 2.05) is 25.1 Å². The van der Waals surface area contributed by atoms with E-state index >= 15 is 0 Å². The molecule has 1 N–H and O–H groups in total. The first-order valence-corrected chi connectivity index (χ1v) is 7.26. The number of halogens is 1. The van der Waals surface area contributed by atoms with E-state index in [0.717, 1.165) is 11.1 Å². The van der Waals surface area contributed by atoms with Gasteiger partial charge >= 0.3 is 0 Å². The van der Waals surface area contributed by atoms with Crippen LogP contribution in [-0.4, -0.2) is 5.11 Å². The molecular formula is C18H21ClO. The second-order valence-corrected chi connectivity index (χ2v) is 6.10. The maximum absolute atomic E-state index is 10.5. The van der Waals surface area contributed by atoms with E-state index in [4.69, 9.17) is 11.6 Å². The molecule has 0 heterocycles. The van der Waals surface area contributed by atoms with Gasteiger partial charge in [0.15, 0.2) is 0 Å². The molecule has 1 nitrogen and oxygen atoms in total. The molecule has 0 saturated heterocycles. The third kappa shape index (κ3) is 3.41. The van der Waals surface area contributed by atoms with Gasteiger partial charge in [-0.05, 0) is 67.6 Å². The van der Waals surface area contributed by atoms with Gasteiger partial charge in [0.1, 0.15) is 0 Å². The fraction of sp³-hybridized carbons (Fsp3) is 0.333. The number of aliphatic hydroxyl groups excluding tert-OH is 1. The predicted molar refractivity (Wildman–Crippen MR) is 85.5 cm³/mol. The van der Waals surface area contributed by atoms with Gasteiger partial charge in [-0.1, -0.05) is 35.4 Å². The lowest BCUT2D eigenvalue weighted by molar-refractivity contribution is 0.178. The van der Waals surface area contributed by atoms with Crippen LogP contribution < -0.4 is 0 Å². The summed E-state index contributed by atoms with van der Waals surface area (Å²) in [5.41, 5.74) is 6.91. The van der Waals surface area contributed by atoms with Crippen molar-refractivity contribution in [3.63, 3.8) is 0 Å². The lowest BCUT2D eigenvalue weighted by Crippen LogP contribution is -2.05. The fourth-order valence-electron chi connectivity index (χ4n) is 2.80. The Morgan fingerprint density at radius 3 is 2.00 bits per heavy atom. The number of aryl methyl sites for hydroxylation is 4. The van der Waals surface area contributed by atoms with Crippen molar-refractivity contribution < 1.29 is 5.11 Å². The Hall–Kier alpha value is -1.31. The van der Waals surface area contributed by atoms with Gasteiger partial charge in [-0.15, -0.1) is 0 Å². The first-order valence-electron chi connectivity index (χ1n) is 6.88. The predicted octanol–water partition coefficient (Wildman–Crippen LogP) is 4.85. The molecule has 0 aliphatic heterocycles. The standard InChI is InChI=1S/C18H21ClO/c1-11-5-13(3)17(14(4)6-11)10-18(20)15-7-12(2)8-16(19)9-15/h5-9,18,20H,10H2,1-4H3. The number of rotatable bonds is 3. The van der Waals surface area contributed by atoms with Gasteiger partial charge in [0.2, 0.25) is 0 Å². The second kappa shape index (κ2) is 5.99. The first-order chi connectivity index (χ1) is 9.36. The topological polar surface area (TPSA) is 20.2 Å². The van der Waals surface area contributed by atoms with E-state index in [0.29, 0.717) is 11.4 Å². The van der Waals surface area contributed by atoms with Crippen LogP contribution in [0.25, 0.3) is 0 Å². The van der Waals surface area contributed by atoms with Gasteiger partial charge < -0.3 is 5.11 Å². The molecule has 0 fully saturated rings. The molecule has 0 aliphatic rings. The van der Waals surface area contributed by atoms with E-state index in [1.54, 1.807) is 0 Å². The normalized spacial score (nSPS) is 12.5. The van der Waals surface area contributed by atoms with E-state index < -0.39 is 6.10 Å². The fourth-order valence-corrected chi connectivity index (χ4v) is 3.10. The van der Waals surface area contributed by atoms with Crippen LogP contribution in [0, 0.1) is 27.7 Å². The molecule has 2 rings (SSSR count). The minimum Gasteiger partial charge on any atom is -0.388 e. The molecule has 106 valence electrons. The summed E-state index contributed by atoms with van der Waals surface area (Å²) in [6.07, 6.45) is 0.102. The molecule has 2 heteroatoms. The molecule has 0 spiro atoms. The van der Waals surface area contributed by atoms with Crippen molar-refractivity contribution in [2.75, 3.05) is 0 Å². The number of hydrogen-bond donors (Lipinski definition) is 1. The number of hydrogen-bond acceptors (Lipinski definition) is 1. The quantitative estimate of drug-likeness (QED) is 0.856. The van der Waals surface area contributed by atoms with Crippen molar-refractivity contribution in [2.24, 2.45) is 0 Å². The van der Waals surface area contributed by atoms with Crippen molar-refractivity contribution in [3.05, 3.63) is 68.7 Å². The summed E-state index contributed by atoms with van der Waals surface area (Å²) in [5, 5.41) is 11.2. The molecule has 0 saturated carbocycles. The minimum absolute atomic E-state index is 0.521. The number of aliphatic hydroxyl groups is 1. The van der Waals surface area contributed by atoms with E-state index in [2.05, 4.69) is 32.9 Å². The summed E-state index contributed by atoms with van der Waals surface area (Å²) in [6.45, 7) is 8.29. The Kier molecular flexibility index (Phi) is 4.52. The average molecular weight is 289 g/mol. The van der Waals surface area contributed by atoms with Crippen molar-refractivity contribution in [1.82, 2.24) is 0 Å². The maximum atomic E-state index is 10.5. The summed E-state index contributed by atoms with van der Waals surface area (Å²) < 4.78 is 0. The summed E-state index contributed by atoms with van der Waals surface area (Å²) in [4.78, 5) is 0. The Morgan fingerprint density at radius 1 is 0.900 bits per heavy atom. The Balaban J connectivity index is 2.30. The highest BCUT2D eigenvalue weighted by Gasteiger charge is 2.13. The molecule has 2 aromatic carbocycles. The molecule has 1 atom stereocenters. The van der Waals surface area contributed by atoms with Crippen molar-refractivity contribution in [1.29, 1.82) is 0 Å². The van der Waals surface area contributed by atoms with E-state index in [9.17, 15) is 5.11 Å². The van der Waals surface area contributed by atoms with Crippen molar-refractivity contribution >= 4 is 11.6 Å². The SMILES string of the molecule is Cc1cc(Cl)cc(C(O)Cc2c(C)cc(C)cc2C)c1. The molecule has 0 amide bonds. The lowest BCUT2D eigenvalue weighted by Gasteiger charge is -2.17. The van der Waals surface area contributed by atoms with Crippen LogP contribution in [0.1, 0.15) is 39.5 Å². The summed E-state index contributed by atoms with van der Waals surface area (Å²) in [7, 11) is 0. The third-order valence-corrected chi connectivity index (χ3v) is 3.91. The summed E-state index contributed by atoms with van der Waals surface area (Å²) in [6, 6.07) is 10.1. The first kappa shape index (κ1) is 15.1. The van der Waals surface area contributed by atoms with Crippen LogP contribution in [0.2, 0.25) is 5.02 Å². The monoisotopic (exact) mass is 288 g/mol. The number of benzene rings is 2. The van der Waals surface area contributed by atoms with Crippen molar-refractivity contribution in [2.45, 2.75) is 40.2 Å².